The fourth-order valence-corrected chi connectivity index (χ4v) is 1.26. The summed E-state index contributed by atoms with van der Waals surface area (Å²) >= 11 is 0. The number of benzene rings is 1. The van der Waals surface area contributed by atoms with Gasteiger partial charge in [0, 0.05) is 6.61 Å². The first kappa shape index (κ1) is 10.8. The van der Waals surface area contributed by atoms with Crippen LogP contribution in [0.15, 0.2) is 18.2 Å². The molecule has 1 rings (SSSR count). The lowest BCUT2D eigenvalue weighted by Crippen LogP contribution is -2.10. The van der Waals surface area contributed by atoms with Gasteiger partial charge in [-0.3, -0.25) is 0 Å². The van der Waals surface area contributed by atoms with E-state index >= 15 is 0 Å². The molecule has 14 heavy (non-hydrogen) atoms. The Kier molecular flexibility index (Phi) is 3.71. The molecule has 74 valence electrons. The van der Waals surface area contributed by atoms with Crippen molar-refractivity contribution in [3.05, 3.63) is 29.3 Å². The SMILES string of the molecule is Bc1ccc(C(=O)O)c(COCC)c1. The number of carboxylic acids is 1. The van der Waals surface area contributed by atoms with Crippen LogP contribution in [-0.2, 0) is 11.3 Å². The molecule has 0 saturated heterocycles. The molecule has 0 aliphatic heterocycles. The summed E-state index contributed by atoms with van der Waals surface area (Å²) in [6.07, 6.45) is 0. The van der Waals surface area contributed by atoms with Gasteiger partial charge in [-0.25, -0.2) is 4.79 Å². The van der Waals surface area contributed by atoms with E-state index in [1.807, 2.05) is 20.8 Å². The standard InChI is InChI=1S/C10H13BO3/c1-2-14-6-7-5-8(11)3-4-9(7)10(12)13/h3-5H,2,6,11H2,1H3,(H,12,13). The molecular weight excluding hydrogens is 179 g/mol. The van der Waals surface area contributed by atoms with E-state index in [-0.39, 0.29) is 0 Å². The number of carbonyl (C=O) groups is 1. The number of carboxylic acid groups (broad SMARTS) is 1. The van der Waals surface area contributed by atoms with E-state index in [1.54, 1.807) is 12.1 Å². The minimum Gasteiger partial charge on any atom is -0.478 e. The highest BCUT2D eigenvalue weighted by molar-refractivity contribution is 6.32. The summed E-state index contributed by atoms with van der Waals surface area (Å²) in [5, 5.41) is 8.90. The maximum atomic E-state index is 10.8. The van der Waals surface area contributed by atoms with Gasteiger partial charge < -0.3 is 9.84 Å². The third-order valence-electron chi connectivity index (χ3n) is 1.95. The van der Waals surface area contributed by atoms with Crippen LogP contribution >= 0.6 is 0 Å². The van der Waals surface area contributed by atoms with Crippen molar-refractivity contribution in [3.63, 3.8) is 0 Å². The van der Waals surface area contributed by atoms with Crippen molar-refractivity contribution in [2.75, 3.05) is 6.61 Å². The fourth-order valence-electron chi connectivity index (χ4n) is 1.26. The highest BCUT2D eigenvalue weighted by Gasteiger charge is 2.09. The van der Waals surface area contributed by atoms with E-state index in [9.17, 15) is 4.79 Å². The smallest absolute Gasteiger partial charge is 0.336 e. The predicted octanol–water partition coefficient (Wildman–Crippen LogP) is 0.180. The summed E-state index contributed by atoms with van der Waals surface area (Å²) in [6.45, 7) is 2.84. The second-order valence-electron chi connectivity index (χ2n) is 3.10. The zero-order valence-corrected chi connectivity index (χ0v) is 8.41. The number of aromatic carboxylic acids is 1. The second kappa shape index (κ2) is 4.81. The van der Waals surface area contributed by atoms with Crippen molar-refractivity contribution in [1.82, 2.24) is 0 Å². The fraction of sp³-hybridized carbons (Fsp3) is 0.300. The minimum atomic E-state index is -0.903. The third kappa shape index (κ3) is 2.60. The summed E-state index contributed by atoms with van der Waals surface area (Å²) in [5.74, 6) is -0.903. The molecule has 1 aromatic rings. The third-order valence-corrected chi connectivity index (χ3v) is 1.95. The Morgan fingerprint density at radius 3 is 2.86 bits per heavy atom. The quantitative estimate of drug-likeness (QED) is 0.692. The average molecular weight is 192 g/mol. The first-order valence-electron chi connectivity index (χ1n) is 4.55. The molecule has 1 N–H and O–H groups in total. The highest BCUT2D eigenvalue weighted by Crippen LogP contribution is 2.08. The average Bonchev–Trinajstić information content (AvgIpc) is 2.14. The van der Waals surface area contributed by atoms with Gasteiger partial charge in [-0.15, -0.1) is 0 Å². The lowest BCUT2D eigenvalue weighted by atomic mass is 9.92. The van der Waals surface area contributed by atoms with Crippen LogP contribution in [0.25, 0.3) is 0 Å². The Bertz CT molecular complexity index is 336. The van der Waals surface area contributed by atoms with Crippen molar-refractivity contribution in [3.8, 4) is 0 Å². The van der Waals surface area contributed by atoms with Gasteiger partial charge in [0.1, 0.15) is 7.85 Å². The Hall–Kier alpha value is -1.29. The monoisotopic (exact) mass is 192 g/mol. The molecule has 0 spiro atoms. The van der Waals surface area contributed by atoms with Gasteiger partial charge in [-0.1, -0.05) is 17.6 Å². The number of hydrogen-bond acceptors (Lipinski definition) is 2. The molecule has 0 unspecified atom stereocenters. The molecule has 0 aliphatic carbocycles. The van der Waals surface area contributed by atoms with Crippen LogP contribution < -0.4 is 5.46 Å². The van der Waals surface area contributed by atoms with Crippen LogP contribution in [0.5, 0.6) is 0 Å². The lowest BCUT2D eigenvalue weighted by Gasteiger charge is -2.07. The molecule has 0 amide bonds. The zero-order chi connectivity index (χ0) is 10.6. The van der Waals surface area contributed by atoms with Crippen molar-refractivity contribution >= 4 is 19.3 Å². The molecule has 0 saturated carbocycles. The summed E-state index contributed by atoms with van der Waals surface area (Å²) in [7, 11) is 1.93. The van der Waals surface area contributed by atoms with Gasteiger partial charge >= 0.3 is 5.97 Å². The molecule has 0 aliphatic rings. The van der Waals surface area contributed by atoms with Crippen LogP contribution in [0.2, 0.25) is 0 Å². The number of rotatable bonds is 4. The molecule has 4 heteroatoms. The van der Waals surface area contributed by atoms with Crippen LogP contribution in [0.3, 0.4) is 0 Å². The Labute approximate surface area is 84.1 Å². The molecular formula is C10H13BO3. The van der Waals surface area contributed by atoms with Gasteiger partial charge in [0.2, 0.25) is 0 Å². The summed E-state index contributed by atoms with van der Waals surface area (Å²) in [6, 6.07) is 5.25. The number of hydrogen-bond donors (Lipinski definition) is 1. The summed E-state index contributed by atoms with van der Waals surface area (Å²) in [4.78, 5) is 10.8. The van der Waals surface area contributed by atoms with E-state index in [1.165, 1.54) is 0 Å². The summed E-state index contributed by atoms with van der Waals surface area (Å²) in [5.41, 5.74) is 2.10. The molecule has 0 heterocycles. The van der Waals surface area contributed by atoms with Gasteiger partial charge in [-0.05, 0) is 18.6 Å². The Balaban J connectivity index is 2.97. The van der Waals surface area contributed by atoms with Crippen LogP contribution in [-0.4, -0.2) is 25.5 Å². The largest absolute Gasteiger partial charge is 0.478 e. The minimum absolute atomic E-state index is 0.323. The lowest BCUT2D eigenvalue weighted by molar-refractivity contribution is 0.0689. The highest BCUT2D eigenvalue weighted by atomic mass is 16.5. The van der Waals surface area contributed by atoms with Crippen LogP contribution in [0.1, 0.15) is 22.8 Å². The number of ether oxygens (including phenoxy) is 1. The molecule has 0 fully saturated rings. The zero-order valence-electron chi connectivity index (χ0n) is 8.41. The first-order chi connectivity index (χ1) is 6.65. The van der Waals surface area contributed by atoms with E-state index in [4.69, 9.17) is 9.84 Å². The molecule has 3 nitrogen and oxygen atoms in total. The second-order valence-corrected chi connectivity index (χ2v) is 3.10. The molecule has 0 atom stereocenters. The normalized spacial score (nSPS) is 10.1. The first-order valence-corrected chi connectivity index (χ1v) is 4.55. The Morgan fingerprint density at radius 2 is 2.29 bits per heavy atom. The maximum Gasteiger partial charge on any atom is 0.336 e. The summed E-state index contributed by atoms with van der Waals surface area (Å²) < 4.78 is 5.20. The van der Waals surface area contributed by atoms with E-state index in [2.05, 4.69) is 0 Å². The Morgan fingerprint density at radius 1 is 1.57 bits per heavy atom. The molecule has 0 bridgehead atoms. The van der Waals surface area contributed by atoms with Crippen molar-refractivity contribution < 1.29 is 14.6 Å². The van der Waals surface area contributed by atoms with Crippen molar-refractivity contribution in [2.45, 2.75) is 13.5 Å². The van der Waals surface area contributed by atoms with E-state index in [0.717, 1.165) is 11.0 Å². The predicted molar refractivity (Wildman–Crippen MR) is 56.9 cm³/mol. The van der Waals surface area contributed by atoms with Gasteiger partial charge in [0.25, 0.3) is 0 Å². The van der Waals surface area contributed by atoms with Crippen LogP contribution in [0.4, 0.5) is 0 Å². The van der Waals surface area contributed by atoms with E-state index in [0.29, 0.717) is 18.8 Å². The van der Waals surface area contributed by atoms with Gasteiger partial charge in [0.05, 0.1) is 12.2 Å². The van der Waals surface area contributed by atoms with Gasteiger partial charge in [-0.2, -0.15) is 0 Å². The van der Waals surface area contributed by atoms with E-state index < -0.39 is 5.97 Å². The molecule has 0 aromatic heterocycles. The van der Waals surface area contributed by atoms with Crippen molar-refractivity contribution in [2.24, 2.45) is 0 Å². The van der Waals surface area contributed by atoms with Crippen LogP contribution in [0, 0.1) is 0 Å². The maximum absolute atomic E-state index is 10.8. The van der Waals surface area contributed by atoms with Gasteiger partial charge in [0.15, 0.2) is 0 Å². The topological polar surface area (TPSA) is 46.5 Å². The molecule has 0 radical (unpaired) electrons. The van der Waals surface area contributed by atoms with Crippen molar-refractivity contribution in [1.29, 1.82) is 0 Å². The molecule has 1 aromatic carbocycles.